The summed E-state index contributed by atoms with van der Waals surface area (Å²) in [7, 11) is 2.77. The molecule has 0 saturated carbocycles. The second-order valence-electron chi connectivity index (χ2n) is 2.30. The van der Waals surface area contributed by atoms with Gasteiger partial charge in [-0.2, -0.15) is 0 Å². The van der Waals surface area contributed by atoms with Gasteiger partial charge in [0.25, 0.3) is 0 Å². The smallest absolute Gasteiger partial charge is 0.105 e. The van der Waals surface area contributed by atoms with E-state index in [1.165, 1.54) is 0 Å². The Hall–Kier alpha value is -0.770. The maximum Gasteiger partial charge on any atom is 0.105 e. The Bertz CT molecular complexity index is 227. The molecule has 5 nitrogen and oxygen atoms in total. The van der Waals surface area contributed by atoms with Gasteiger partial charge in [0.15, 0.2) is 0 Å². The summed E-state index contributed by atoms with van der Waals surface area (Å²) in [5, 5.41) is 9.30. The van der Waals surface area contributed by atoms with Gasteiger partial charge in [0.2, 0.25) is 0 Å². The topological polar surface area (TPSA) is 59.6 Å². The lowest BCUT2D eigenvalue weighted by molar-refractivity contribution is 0.0339. The molecule has 0 amide bonds. The van der Waals surface area contributed by atoms with E-state index < -0.39 is 6.10 Å². The lowest BCUT2D eigenvalue weighted by atomic mass is 10.4. The van der Waals surface area contributed by atoms with E-state index in [0.717, 1.165) is 0 Å². The van der Waals surface area contributed by atoms with E-state index in [4.69, 9.17) is 0 Å². The molecule has 1 unspecified atom stereocenters. The molecule has 1 rings (SSSR count). The molecule has 1 aromatic heterocycles. The van der Waals surface area contributed by atoms with Crippen molar-refractivity contribution in [3.63, 3.8) is 0 Å². The lowest BCUT2D eigenvalue weighted by Crippen LogP contribution is -2.19. The van der Waals surface area contributed by atoms with Crippen molar-refractivity contribution in [2.24, 2.45) is 4.91 Å². The summed E-state index contributed by atoms with van der Waals surface area (Å²) in [5.41, 5.74) is 0. The standard InChI is InChI=1S/C6H10N3O2P/c10-6(4-11-8-12)3-9-2-1-7-5-9/h1-2,5-6,10,12H,3-4H2. The van der Waals surface area contributed by atoms with Gasteiger partial charge < -0.3 is 9.67 Å². The van der Waals surface area contributed by atoms with Crippen molar-refractivity contribution in [3.8, 4) is 0 Å². The zero-order valence-corrected chi connectivity index (χ0v) is 7.42. The minimum atomic E-state index is -0.570. The average molecular weight is 187 g/mol. The zero-order valence-electron chi connectivity index (χ0n) is 6.42. The maximum absolute atomic E-state index is 9.30. The van der Waals surface area contributed by atoms with Crippen LogP contribution in [0.1, 0.15) is 0 Å². The van der Waals surface area contributed by atoms with Gasteiger partial charge in [0, 0.05) is 21.4 Å². The molecule has 0 radical (unpaired) electrons. The number of hydrogen-bond donors (Lipinski definition) is 1. The molecule has 0 aliphatic heterocycles. The number of nitrogens with zero attached hydrogens (tertiary/aromatic N) is 3. The molecule has 1 N–H and O–H groups in total. The Labute approximate surface area is 72.3 Å². The van der Waals surface area contributed by atoms with Gasteiger partial charge in [-0.3, -0.25) is 0 Å². The van der Waals surface area contributed by atoms with Crippen molar-refractivity contribution in [2.45, 2.75) is 12.6 Å². The lowest BCUT2D eigenvalue weighted by Gasteiger charge is -2.08. The predicted octanol–water partition coefficient (Wildman–Crippen LogP) is 0.502. The Morgan fingerprint density at radius 2 is 2.58 bits per heavy atom. The average Bonchev–Trinajstić information content (AvgIpc) is 2.53. The number of aliphatic hydroxyl groups is 1. The number of hydrogen-bond acceptors (Lipinski definition) is 4. The van der Waals surface area contributed by atoms with E-state index >= 15 is 0 Å². The fourth-order valence-corrected chi connectivity index (χ4v) is 0.889. The molecule has 0 aromatic carbocycles. The van der Waals surface area contributed by atoms with Crippen LogP contribution in [0.4, 0.5) is 0 Å². The molecule has 0 saturated heterocycles. The van der Waals surface area contributed by atoms with Gasteiger partial charge in [-0.15, -0.1) is 4.91 Å². The van der Waals surface area contributed by atoms with Crippen molar-refractivity contribution in [1.29, 1.82) is 0 Å². The Morgan fingerprint density at radius 3 is 3.17 bits per heavy atom. The Balaban J connectivity index is 2.26. The summed E-state index contributed by atoms with van der Waals surface area (Å²) in [6.45, 7) is 0.628. The van der Waals surface area contributed by atoms with E-state index in [-0.39, 0.29) is 6.61 Å². The summed E-state index contributed by atoms with van der Waals surface area (Å²) in [4.78, 5) is 11.7. The minimum Gasteiger partial charge on any atom is -0.389 e. The Morgan fingerprint density at radius 1 is 1.75 bits per heavy atom. The monoisotopic (exact) mass is 187 g/mol. The van der Waals surface area contributed by atoms with Crippen LogP contribution in [-0.4, -0.2) is 27.4 Å². The molecule has 1 aromatic rings. The molecule has 66 valence electrons. The molecule has 1 atom stereocenters. The molecule has 0 aliphatic rings. The zero-order chi connectivity index (χ0) is 8.81. The van der Waals surface area contributed by atoms with Crippen molar-refractivity contribution < 1.29 is 9.94 Å². The van der Waals surface area contributed by atoms with Crippen molar-refractivity contribution in [1.82, 2.24) is 9.55 Å². The molecular weight excluding hydrogens is 177 g/mol. The van der Waals surface area contributed by atoms with Gasteiger partial charge in [0.05, 0.1) is 19.0 Å². The Kier molecular flexibility index (Phi) is 3.87. The number of rotatable bonds is 5. The molecule has 0 spiro atoms. The molecule has 12 heavy (non-hydrogen) atoms. The number of aromatic nitrogens is 2. The van der Waals surface area contributed by atoms with E-state index in [1.54, 1.807) is 23.3 Å². The highest BCUT2D eigenvalue weighted by molar-refractivity contribution is 7.03. The highest BCUT2D eigenvalue weighted by Gasteiger charge is 2.03. The first kappa shape index (κ1) is 9.32. The highest BCUT2D eigenvalue weighted by Crippen LogP contribution is 1.93. The maximum atomic E-state index is 9.30. The molecule has 0 aliphatic carbocycles. The second kappa shape index (κ2) is 4.98. The van der Waals surface area contributed by atoms with Gasteiger partial charge in [-0.25, -0.2) is 9.82 Å². The van der Waals surface area contributed by atoms with E-state index in [0.29, 0.717) is 6.54 Å². The van der Waals surface area contributed by atoms with Crippen LogP contribution in [0.2, 0.25) is 0 Å². The van der Waals surface area contributed by atoms with Crippen LogP contribution in [0.25, 0.3) is 0 Å². The third-order valence-corrected chi connectivity index (χ3v) is 1.44. The minimum absolute atomic E-state index is 0.168. The van der Waals surface area contributed by atoms with Crippen LogP contribution in [-0.2, 0) is 11.4 Å². The first-order valence-corrected chi connectivity index (χ1v) is 3.90. The van der Waals surface area contributed by atoms with E-state index in [1.807, 2.05) is 0 Å². The fourth-order valence-electron chi connectivity index (χ4n) is 0.814. The van der Waals surface area contributed by atoms with Crippen molar-refractivity contribution >= 4 is 9.03 Å². The normalized spacial score (nSPS) is 12.8. The third-order valence-electron chi connectivity index (χ3n) is 1.31. The van der Waals surface area contributed by atoms with Gasteiger partial charge >= 0.3 is 0 Å². The molecule has 0 fully saturated rings. The molecule has 0 bridgehead atoms. The van der Waals surface area contributed by atoms with E-state index in [2.05, 4.69) is 23.8 Å². The van der Waals surface area contributed by atoms with Crippen molar-refractivity contribution in [2.75, 3.05) is 6.61 Å². The van der Waals surface area contributed by atoms with Crippen LogP contribution in [0.15, 0.2) is 23.6 Å². The number of imidazole rings is 1. The van der Waals surface area contributed by atoms with E-state index in [9.17, 15) is 5.11 Å². The predicted molar refractivity (Wildman–Crippen MR) is 44.9 cm³/mol. The fraction of sp³-hybridized carbons (Fsp3) is 0.500. The van der Waals surface area contributed by atoms with Gasteiger partial charge in [-0.05, 0) is 0 Å². The quantitative estimate of drug-likeness (QED) is 0.539. The summed E-state index contributed by atoms with van der Waals surface area (Å²) in [5.74, 6) is 0. The van der Waals surface area contributed by atoms with Crippen LogP contribution in [0.5, 0.6) is 0 Å². The SMILES string of the molecule is OC(CON=P)Cn1ccnc1. The van der Waals surface area contributed by atoms with Crippen LogP contribution < -0.4 is 0 Å². The van der Waals surface area contributed by atoms with Crippen LogP contribution in [0.3, 0.4) is 0 Å². The largest absolute Gasteiger partial charge is 0.389 e. The van der Waals surface area contributed by atoms with Crippen molar-refractivity contribution in [3.05, 3.63) is 18.7 Å². The van der Waals surface area contributed by atoms with Crippen LogP contribution in [0, 0.1) is 0 Å². The van der Waals surface area contributed by atoms with Gasteiger partial charge in [0.1, 0.15) is 6.61 Å². The summed E-state index contributed by atoms with van der Waals surface area (Å²) in [6.07, 6.45) is 4.49. The number of aliphatic hydroxyl groups excluding tert-OH is 1. The van der Waals surface area contributed by atoms with Gasteiger partial charge in [-0.1, -0.05) is 0 Å². The molecular formula is C6H10N3O2P. The first-order valence-electron chi connectivity index (χ1n) is 3.45. The summed E-state index contributed by atoms with van der Waals surface area (Å²) >= 11 is 0. The molecule has 1 heterocycles. The first-order chi connectivity index (χ1) is 5.83. The summed E-state index contributed by atoms with van der Waals surface area (Å²) in [6, 6.07) is 0. The summed E-state index contributed by atoms with van der Waals surface area (Å²) < 4.78 is 1.77. The third kappa shape index (κ3) is 3.09. The second-order valence-corrected chi connectivity index (χ2v) is 2.48. The molecule has 6 heteroatoms. The van der Waals surface area contributed by atoms with Crippen LogP contribution >= 0.6 is 9.03 Å². The highest BCUT2D eigenvalue weighted by atomic mass is 31.0.